The summed E-state index contributed by atoms with van der Waals surface area (Å²) in [5, 5.41) is 0. The molecular weight excluding hydrogens is 268 g/mol. The van der Waals surface area contributed by atoms with Gasteiger partial charge < -0.3 is 9.47 Å². The largest absolute Gasteiger partial charge is 0.453 e. The van der Waals surface area contributed by atoms with Crippen LogP contribution in [0.15, 0.2) is 24.3 Å². The topological polar surface area (TPSA) is 52.6 Å². The van der Waals surface area contributed by atoms with E-state index in [1.165, 1.54) is 6.92 Å². The molecule has 0 N–H and O–H groups in total. The maximum Gasteiger partial charge on any atom is 0.319 e. The summed E-state index contributed by atoms with van der Waals surface area (Å²) in [5.41, 5.74) is 0.0796. The fourth-order valence-electron chi connectivity index (χ4n) is 4.72. The van der Waals surface area contributed by atoms with Crippen LogP contribution < -0.4 is 4.74 Å². The molecular formula is C17H18O4. The van der Waals surface area contributed by atoms with E-state index in [0.29, 0.717) is 11.7 Å². The molecule has 2 aliphatic carbocycles. The van der Waals surface area contributed by atoms with E-state index in [-0.39, 0.29) is 23.8 Å². The van der Waals surface area contributed by atoms with Crippen molar-refractivity contribution in [2.45, 2.75) is 38.2 Å². The zero-order valence-electron chi connectivity index (χ0n) is 12.0. The van der Waals surface area contributed by atoms with Crippen LogP contribution in [0.25, 0.3) is 0 Å². The molecule has 4 heteroatoms. The van der Waals surface area contributed by atoms with Gasteiger partial charge in [-0.1, -0.05) is 31.0 Å². The summed E-state index contributed by atoms with van der Waals surface area (Å²) < 4.78 is 11.3. The molecule has 2 saturated carbocycles. The molecule has 2 fully saturated rings. The van der Waals surface area contributed by atoms with Crippen LogP contribution in [0.1, 0.15) is 38.2 Å². The summed E-state index contributed by atoms with van der Waals surface area (Å²) in [5.74, 6) is 0.186. The second kappa shape index (κ2) is 4.33. The van der Waals surface area contributed by atoms with Gasteiger partial charge in [-0.15, -0.1) is 0 Å². The number of para-hydroxylation sites is 1. The lowest BCUT2D eigenvalue weighted by atomic mass is 9.46. The lowest BCUT2D eigenvalue weighted by Crippen LogP contribution is -2.67. The summed E-state index contributed by atoms with van der Waals surface area (Å²) in [7, 11) is 0. The van der Waals surface area contributed by atoms with Crippen molar-refractivity contribution in [3.05, 3.63) is 29.8 Å². The molecule has 1 aliphatic heterocycles. The van der Waals surface area contributed by atoms with Crippen molar-refractivity contribution in [1.29, 1.82) is 0 Å². The van der Waals surface area contributed by atoms with E-state index in [4.69, 9.17) is 9.47 Å². The average Bonchev–Trinajstić information content (AvgIpc) is 2.45. The number of benzene rings is 1. The quantitative estimate of drug-likeness (QED) is 0.588. The number of rotatable bonds is 1. The minimum absolute atomic E-state index is 0.238. The highest BCUT2D eigenvalue weighted by molar-refractivity contribution is 5.83. The molecule has 0 radical (unpaired) electrons. The Kier molecular flexibility index (Phi) is 2.65. The van der Waals surface area contributed by atoms with Crippen LogP contribution in [-0.2, 0) is 19.9 Å². The van der Waals surface area contributed by atoms with Gasteiger partial charge in [0.05, 0.1) is 0 Å². The predicted octanol–water partition coefficient (Wildman–Crippen LogP) is 2.80. The zero-order valence-corrected chi connectivity index (χ0v) is 12.0. The van der Waals surface area contributed by atoms with Crippen LogP contribution in [0.3, 0.4) is 0 Å². The van der Waals surface area contributed by atoms with Gasteiger partial charge in [0, 0.05) is 18.4 Å². The number of esters is 2. The number of fused-ring (bicyclic) bond motifs is 6. The van der Waals surface area contributed by atoms with Crippen molar-refractivity contribution in [2.24, 2.45) is 17.8 Å². The number of hydrogen-bond donors (Lipinski definition) is 0. The van der Waals surface area contributed by atoms with E-state index < -0.39 is 5.60 Å². The lowest BCUT2D eigenvalue weighted by molar-refractivity contribution is -0.248. The first-order chi connectivity index (χ1) is 10.1. The average molecular weight is 286 g/mol. The van der Waals surface area contributed by atoms with Gasteiger partial charge in [-0.05, 0) is 24.8 Å². The van der Waals surface area contributed by atoms with Crippen molar-refractivity contribution in [3.8, 4) is 5.75 Å². The fraction of sp³-hybridized carbons (Fsp3) is 0.529. The molecule has 4 nitrogen and oxygen atoms in total. The van der Waals surface area contributed by atoms with Crippen molar-refractivity contribution in [1.82, 2.24) is 0 Å². The normalized spacial score (nSPS) is 36.4. The molecule has 3 aliphatic rings. The summed E-state index contributed by atoms with van der Waals surface area (Å²) in [4.78, 5) is 24.2. The Labute approximate surface area is 123 Å². The summed E-state index contributed by atoms with van der Waals surface area (Å²) >= 11 is 0. The van der Waals surface area contributed by atoms with Gasteiger partial charge in [-0.3, -0.25) is 9.59 Å². The Morgan fingerprint density at radius 3 is 2.86 bits per heavy atom. The van der Waals surface area contributed by atoms with Crippen molar-refractivity contribution in [2.75, 3.05) is 0 Å². The number of ether oxygens (including phenoxy) is 2. The minimum atomic E-state index is -0.789. The summed E-state index contributed by atoms with van der Waals surface area (Å²) in [6.45, 7) is 1.42. The van der Waals surface area contributed by atoms with Gasteiger partial charge in [-0.2, -0.15) is 0 Å². The molecule has 0 amide bonds. The van der Waals surface area contributed by atoms with Crippen LogP contribution in [0, 0.1) is 17.8 Å². The molecule has 0 bridgehead atoms. The molecule has 110 valence electrons. The lowest BCUT2D eigenvalue weighted by Gasteiger charge is -2.62. The first kappa shape index (κ1) is 12.9. The molecule has 0 aromatic heterocycles. The molecule has 1 aromatic rings. The van der Waals surface area contributed by atoms with E-state index in [0.717, 1.165) is 31.2 Å². The van der Waals surface area contributed by atoms with E-state index in [2.05, 4.69) is 0 Å². The first-order valence-corrected chi connectivity index (χ1v) is 7.65. The van der Waals surface area contributed by atoms with E-state index >= 15 is 0 Å². The third-order valence-corrected chi connectivity index (χ3v) is 5.35. The molecule has 0 saturated heterocycles. The van der Waals surface area contributed by atoms with Crippen LogP contribution >= 0.6 is 0 Å². The molecule has 4 atom stereocenters. The smallest absolute Gasteiger partial charge is 0.319 e. The number of hydrogen-bond acceptors (Lipinski definition) is 4. The monoisotopic (exact) mass is 286 g/mol. The van der Waals surface area contributed by atoms with Gasteiger partial charge in [0.15, 0.2) is 5.60 Å². The second-order valence-electron chi connectivity index (χ2n) is 6.34. The van der Waals surface area contributed by atoms with Crippen molar-refractivity contribution >= 4 is 11.9 Å². The van der Waals surface area contributed by atoms with Crippen LogP contribution in [0.5, 0.6) is 5.75 Å². The molecule has 4 rings (SSSR count). The molecule has 0 spiro atoms. The highest BCUT2D eigenvalue weighted by atomic mass is 16.6. The van der Waals surface area contributed by atoms with Gasteiger partial charge in [0.25, 0.3) is 0 Å². The van der Waals surface area contributed by atoms with Gasteiger partial charge in [-0.25, -0.2) is 0 Å². The minimum Gasteiger partial charge on any atom is -0.453 e. The molecule has 0 unspecified atom stereocenters. The molecule has 1 heterocycles. The first-order valence-electron chi connectivity index (χ1n) is 7.65. The Morgan fingerprint density at radius 1 is 1.29 bits per heavy atom. The maximum atomic E-state index is 12.4. The SMILES string of the molecule is CC(=O)O[C@]12c3ccccc3OC(=O)[C@@H]1[C@@H]1CCCC[C@@H]12. The molecule has 1 aromatic carbocycles. The highest BCUT2D eigenvalue weighted by Crippen LogP contribution is 2.66. The maximum absolute atomic E-state index is 12.4. The molecule has 21 heavy (non-hydrogen) atoms. The van der Waals surface area contributed by atoms with Crippen LogP contribution in [0.2, 0.25) is 0 Å². The third kappa shape index (κ3) is 1.56. The second-order valence-corrected chi connectivity index (χ2v) is 6.34. The third-order valence-electron chi connectivity index (χ3n) is 5.35. The van der Waals surface area contributed by atoms with Gasteiger partial charge in [0.1, 0.15) is 11.7 Å². The predicted molar refractivity (Wildman–Crippen MR) is 74.5 cm³/mol. The standard InChI is InChI=1S/C17H18O4/c1-10(18)21-17-12-7-3-2-6-11(12)15(17)16(19)20-14-9-5-4-8-13(14)17/h4-5,8-9,11-12,15H,2-3,6-7H2,1H3/t11-,12+,15+,17-/m1/s1. The Hall–Kier alpha value is -1.84. The summed E-state index contributed by atoms with van der Waals surface area (Å²) in [6, 6.07) is 7.47. The zero-order chi connectivity index (χ0) is 14.6. The van der Waals surface area contributed by atoms with Crippen molar-refractivity contribution in [3.63, 3.8) is 0 Å². The van der Waals surface area contributed by atoms with E-state index in [9.17, 15) is 9.59 Å². The summed E-state index contributed by atoms with van der Waals surface area (Å²) in [6.07, 6.45) is 4.31. The fourth-order valence-corrected chi connectivity index (χ4v) is 4.72. The highest BCUT2D eigenvalue weighted by Gasteiger charge is 2.71. The van der Waals surface area contributed by atoms with Crippen LogP contribution in [0.4, 0.5) is 0 Å². The van der Waals surface area contributed by atoms with Gasteiger partial charge in [0.2, 0.25) is 0 Å². The van der Waals surface area contributed by atoms with E-state index in [1.807, 2.05) is 18.2 Å². The number of carbonyl (C=O) groups excluding carboxylic acids is 2. The number of carbonyl (C=O) groups is 2. The Bertz CT molecular complexity index is 623. The van der Waals surface area contributed by atoms with E-state index in [1.54, 1.807) is 6.07 Å². The Balaban J connectivity index is 1.88. The Morgan fingerprint density at radius 2 is 2.05 bits per heavy atom. The van der Waals surface area contributed by atoms with Crippen LogP contribution in [-0.4, -0.2) is 11.9 Å². The van der Waals surface area contributed by atoms with Gasteiger partial charge >= 0.3 is 11.9 Å². The van der Waals surface area contributed by atoms with Crippen molar-refractivity contribution < 1.29 is 19.1 Å².